The predicted octanol–water partition coefficient (Wildman–Crippen LogP) is 7.05. The molecule has 0 saturated heterocycles. The SMILES string of the molecule is Cc1cc(SCc2scc(-c3ccc(C(F)(F)F)cc3)c2C)ccc1O. The van der Waals surface area contributed by atoms with Crippen LogP contribution in [0.4, 0.5) is 13.2 Å². The molecule has 0 fully saturated rings. The molecule has 0 aliphatic heterocycles. The molecule has 0 radical (unpaired) electrons. The van der Waals surface area contributed by atoms with Crippen LogP contribution in [0.1, 0.15) is 21.6 Å². The van der Waals surface area contributed by atoms with E-state index in [9.17, 15) is 18.3 Å². The van der Waals surface area contributed by atoms with Gasteiger partial charge in [-0.2, -0.15) is 13.2 Å². The molecule has 0 aliphatic carbocycles. The van der Waals surface area contributed by atoms with E-state index < -0.39 is 11.7 Å². The van der Waals surface area contributed by atoms with Gasteiger partial charge in [-0.15, -0.1) is 23.1 Å². The van der Waals surface area contributed by atoms with Crippen molar-refractivity contribution in [2.24, 2.45) is 0 Å². The molecule has 1 heterocycles. The highest BCUT2D eigenvalue weighted by molar-refractivity contribution is 7.98. The van der Waals surface area contributed by atoms with E-state index in [0.29, 0.717) is 0 Å². The normalized spacial score (nSPS) is 11.7. The predicted molar refractivity (Wildman–Crippen MR) is 102 cm³/mol. The van der Waals surface area contributed by atoms with Gasteiger partial charge in [-0.05, 0) is 71.8 Å². The second kappa shape index (κ2) is 7.37. The fourth-order valence-electron chi connectivity index (χ4n) is 2.59. The first-order valence-corrected chi connectivity index (χ1v) is 9.79. The molecule has 2 aromatic carbocycles. The quantitative estimate of drug-likeness (QED) is 0.479. The van der Waals surface area contributed by atoms with Gasteiger partial charge >= 0.3 is 6.18 Å². The summed E-state index contributed by atoms with van der Waals surface area (Å²) in [4.78, 5) is 2.26. The van der Waals surface area contributed by atoms with Gasteiger partial charge in [0.05, 0.1) is 5.56 Å². The third-order valence-electron chi connectivity index (χ3n) is 4.20. The molecule has 0 aliphatic rings. The number of hydrogen-bond acceptors (Lipinski definition) is 3. The highest BCUT2D eigenvalue weighted by Gasteiger charge is 2.30. The molecule has 3 aromatic rings. The molecule has 1 nitrogen and oxygen atoms in total. The van der Waals surface area contributed by atoms with E-state index in [-0.39, 0.29) is 5.75 Å². The number of thioether (sulfide) groups is 1. The summed E-state index contributed by atoms with van der Waals surface area (Å²) in [7, 11) is 0. The van der Waals surface area contributed by atoms with Crippen LogP contribution in [0.2, 0.25) is 0 Å². The van der Waals surface area contributed by atoms with Crippen molar-refractivity contribution in [3.63, 3.8) is 0 Å². The van der Waals surface area contributed by atoms with Crippen molar-refractivity contribution < 1.29 is 18.3 Å². The second-order valence-corrected chi connectivity index (χ2v) is 8.02. The number of hydrogen-bond donors (Lipinski definition) is 1. The molecule has 1 N–H and O–H groups in total. The Labute approximate surface area is 158 Å². The van der Waals surface area contributed by atoms with Crippen molar-refractivity contribution in [2.75, 3.05) is 0 Å². The molecule has 3 rings (SSSR count). The van der Waals surface area contributed by atoms with Crippen LogP contribution in [-0.4, -0.2) is 5.11 Å². The van der Waals surface area contributed by atoms with E-state index in [1.54, 1.807) is 29.2 Å². The fraction of sp³-hybridized carbons (Fsp3) is 0.200. The number of phenols is 1. The van der Waals surface area contributed by atoms with Crippen LogP contribution in [0.5, 0.6) is 5.75 Å². The lowest BCUT2D eigenvalue weighted by Gasteiger charge is -2.08. The van der Waals surface area contributed by atoms with Crippen molar-refractivity contribution in [3.05, 3.63) is 69.4 Å². The van der Waals surface area contributed by atoms with Crippen LogP contribution in [0, 0.1) is 13.8 Å². The number of aryl methyl sites for hydroxylation is 1. The maximum Gasteiger partial charge on any atom is 0.416 e. The third-order valence-corrected chi connectivity index (χ3v) is 6.49. The van der Waals surface area contributed by atoms with Gasteiger partial charge < -0.3 is 5.11 Å². The Morgan fingerprint density at radius 3 is 2.35 bits per heavy atom. The number of aromatic hydroxyl groups is 1. The molecule has 6 heteroatoms. The monoisotopic (exact) mass is 394 g/mol. The molecule has 0 bridgehead atoms. The minimum Gasteiger partial charge on any atom is -0.508 e. The summed E-state index contributed by atoms with van der Waals surface area (Å²) in [6.45, 7) is 3.86. The first-order chi connectivity index (χ1) is 12.3. The standard InChI is InChI=1S/C20H17F3OS2/c1-12-9-16(7-8-18(12)24)25-11-19-13(2)17(10-26-19)14-3-5-15(6-4-14)20(21,22)23/h3-10,24H,11H2,1-2H3. The summed E-state index contributed by atoms with van der Waals surface area (Å²) < 4.78 is 38.1. The van der Waals surface area contributed by atoms with Crippen molar-refractivity contribution in [1.29, 1.82) is 0 Å². The Hall–Kier alpha value is -1.92. The number of benzene rings is 2. The number of halogens is 3. The van der Waals surface area contributed by atoms with Gasteiger partial charge in [-0.3, -0.25) is 0 Å². The number of rotatable bonds is 4. The molecule has 1 aromatic heterocycles. The van der Waals surface area contributed by atoms with E-state index in [1.807, 2.05) is 31.4 Å². The van der Waals surface area contributed by atoms with Crippen LogP contribution < -0.4 is 0 Å². The minimum atomic E-state index is -4.31. The van der Waals surface area contributed by atoms with Crippen LogP contribution in [0.3, 0.4) is 0 Å². The van der Waals surface area contributed by atoms with Crippen LogP contribution in [0.15, 0.2) is 52.7 Å². The number of alkyl halides is 3. The summed E-state index contributed by atoms with van der Waals surface area (Å²) in [5.74, 6) is 1.06. The van der Waals surface area contributed by atoms with Gasteiger partial charge in [0, 0.05) is 15.5 Å². The van der Waals surface area contributed by atoms with Gasteiger partial charge in [0.2, 0.25) is 0 Å². The summed E-state index contributed by atoms with van der Waals surface area (Å²) in [5.41, 5.74) is 3.07. The van der Waals surface area contributed by atoms with Gasteiger partial charge in [0.1, 0.15) is 5.75 Å². The lowest BCUT2D eigenvalue weighted by Crippen LogP contribution is -2.03. The Balaban J connectivity index is 1.76. The first-order valence-electron chi connectivity index (χ1n) is 7.92. The molecule has 0 spiro atoms. The Morgan fingerprint density at radius 1 is 1.04 bits per heavy atom. The minimum absolute atomic E-state index is 0.284. The molecule has 0 atom stereocenters. The van der Waals surface area contributed by atoms with Crippen molar-refractivity contribution in [1.82, 2.24) is 0 Å². The third kappa shape index (κ3) is 4.07. The van der Waals surface area contributed by atoms with E-state index in [2.05, 4.69) is 0 Å². The smallest absolute Gasteiger partial charge is 0.416 e. The van der Waals surface area contributed by atoms with Crippen molar-refractivity contribution in [3.8, 4) is 16.9 Å². The Morgan fingerprint density at radius 2 is 1.73 bits per heavy atom. The topological polar surface area (TPSA) is 20.2 Å². The highest BCUT2D eigenvalue weighted by Crippen LogP contribution is 2.37. The van der Waals surface area contributed by atoms with Crippen LogP contribution >= 0.6 is 23.1 Å². The number of phenolic OH excluding ortho intramolecular Hbond substituents is 1. The second-order valence-electron chi connectivity index (χ2n) is 6.01. The fourth-order valence-corrected chi connectivity index (χ4v) is 4.84. The van der Waals surface area contributed by atoms with E-state index in [0.717, 1.165) is 45.0 Å². The maximum atomic E-state index is 12.7. The average Bonchev–Trinajstić information content (AvgIpc) is 2.96. The average molecular weight is 394 g/mol. The summed E-state index contributed by atoms with van der Waals surface area (Å²) >= 11 is 3.29. The molecule has 0 unspecified atom stereocenters. The van der Waals surface area contributed by atoms with Crippen LogP contribution in [0.25, 0.3) is 11.1 Å². The zero-order valence-corrected chi connectivity index (χ0v) is 15.9. The highest BCUT2D eigenvalue weighted by atomic mass is 32.2. The van der Waals surface area contributed by atoms with E-state index >= 15 is 0 Å². The van der Waals surface area contributed by atoms with Crippen LogP contribution in [-0.2, 0) is 11.9 Å². The first kappa shape index (κ1) is 18.9. The van der Waals surface area contributed by atoms with Gasteiger partial charge in [0.15, 0.2) is 0 Å². The zero-order chi connectivity index (χ0) is 18.9. The largest absolute Gasteiger partial charge is 0.508 e. The Bertz CT molecular complexity index is 912. The molecule has 136 valence electrons. The zero-order valence-electron chi connectivity index (χ0n) is 14.2. The van der Waals surface area contributed by atoms with Crippen molar-refractivity contribution in [2.45, 2.75) is 30.7 Å². The summed E-state index contributed by atoms with van der Waals surface area (Å²) in [5, 5.41) is 11.6. The molecule has 0 saturated carbocycles. The summed E-state index contributed by atoms with van der Waals surface area (Å²) in [6, 6.07) is 10.8. The molecule has 0 amide bonds. The lowest BCUT2D eigenvalue weighted by molar-refractivity contribution is -0.137. The van der Waals surface area contributed by atoms with E-state index in [1.165, 1.54) is 17.0 Å². The van der Waals surface area contributed by atoms with Gasteiger partial charge in [0.25, 0.3) is 0 Å². The summed E-state index contributed by atoms with van der Waals surface area (Å²) in [6.07, 6.45) is -4.31. The number of thiophene rings is 1. The molecular formula is C20H17F3OS2. The molecule has 26 heavy (non-hydrogen) atoms. The maximum absolute atomic E-state index is 12.7. The molecular weight excluding hydrogens is 377 g/mol. The van der Waals surface area contributed by atoms with E-state index in [4.69, 9.17) is 0 Å². The van der Waals surface area contributed by atoms with Gasteiger partial charge in [-0.25, -0.2) is 0 Å². The van der Waals surface area contributed by atoms with Crippen molar-refractivity contribution >= 4 is 23.1 Å². The Kier molecular flexibility index (Phi) is 5.34. The van der Waals surface area contributed by atoms with Gasteiger partial charge in [-0.1, -0.05) is 12.1 Å². The lowest BCUT2D eigenvalue weighted by atomic mass is 10.0.